The van der Waals surface area contributed by atoms with E-state index < -0.39 is 0 Å². The molecule has 0 aromatic heterocycles. The lowest BCUT2D eigenvalue weighted by molar-refractivity contribution is 0.160. The number of benzene rings is 1. The fraction of sp³-hybridized carbons (Fsp3) is 0.600. The molecule has 1 aliphatic rings. The predicted molar refractivity (Wildman–Crippen MR) is 74.8 cm³/mol. The Hall–Kier alpha value is -1.26. The fourth-order valence-electron chi connectivity index (χ4n) is 2.16. The smallest absolute Gasteiger partial charge is 0.161 e. The number of para-hydroxylation sites is 2. The van der Waals surface area contributed by atoms with Crippen LogP contribution in [0.15, 0.2) is 24.3 Å². The van der Waals surface area contributed by atoms with Gasteiger partial charge in [-0.05, 0) is 31.9 Å². The van der Waals surface area contributed by atoms with E-state index in [-0.39, 0.29) is 6.61 Å². The molecule has 0 heterocycles. The molecule has 0 saturated heterocycles. The number of rotatable bonds is 9. The van der Waals surface area contributed by atoms with Gasteiger partial charge in [0.1, 0.15) is 6.61 Å². The predicted octanol–water partition coefficient (Wildman–Crippen LogP) is 1.92. The lowest BCUT2D eigenvalue weighted by atomic mass is 10.3. The Kier molecular flexibility index (Phi) is 5.48. The van der Waals surface area contributed by atoms with Crippen molar-refractivity contribution in [2.75, 3.05) is 32.9 Å². The molecule has 106 valence electrons. The molecule has 1 N–H and O–H groups in total. The molecule has 1 fully saturated rings. The number of ether oxygens (including phenoxy) is 2. The van der Waals surface area contributed by atoms with E-state index in [0.717, 1.165) is 24.6 Å². The van der Waals surface area contributed by atoms with Crippen LogP contribution in [-0.4, -0.2) is 49.0 Å². The van der Waals surface area contributed by atoms with Crippen LogP contribution in [0.4, 0.5) is 0 Å². The summed E-state index contributed by atoms with van der Waals surface area (Å²) in [5, 5.41) is 9.04. The molecule has 1 aliphatic carbocycles. The molecule has 0 spiro atoms. The standard InChI is InChI=1S/C15H23NO3/c1-2-18-14-5-3-4-6-15(14)19-12-10-16(9-11-17)13-7-8-13/h3-6,13,17H,2,7-12H2,1H3. The minimum Gasteiger partial charge on any atom is -0.490 e. The Balaban J connectivity index is 1.81. The van der Waals surface area contributed by atoms with E-state index >= 15 is 0 Å². The van der Waals surface area contributed by atoms with E-state index in [9.17, 15) is 0 Å². The molecule has 1 aromatic rings. The third kappa shape index (κ3) is 4.40. The highest BCUT2D eigenvalue weighted by Crippen LogP contribution is 2.28. The molecule has 0 unspecified atom stereocenters. The van der Waals surface area contributed by atoms with E-state index in [0.29, 0.717) is 19.3 Å². The van der Waals surface area contributed by atoms with Gasteiger partial charge >= 0.3 is 0 Å². The van der Waals surface area contributed by atoms with Crippen molar-refractivity contribution in [2.45, 2.75) is 25.8 Å². The van der Waals surface area contributed by atoms with Crippen molar-refractivity contribution in [1.82, 2.24) is 4.90 Å². The van der Waals surface area contributed by atoms with Gasteiger partial charge in [0, 0.05) is 19.1 Å². The average molecular weight is 265 g/mol. The second-order valence-electron chi connectivity index (χ2n) is 4.72. The number of nitrogens with zero attached hydrogens (tertiary/aromatic N) is 1. The molecular formula is C15H23NO3. The summed E-state index contributed by atoms with van der Waals surface area (Å²) in [4.78, 5) is 2.29. The highest BCUT2D eigenvalue weighted by molar-refractivity contribution is 5.39. The van der Waals surface area contributed by atoms with E-state index in [1.165, 1.54) is 12.8 Å². The molecule has 0 atom stereocenters. The third-order valence-corrected chi connectivity index (χ3v) is 3.24. The topological polar surface area (TPSA) is 41.9 Å². The summed E-state index contributed by atoms with van der Waals surface area (Å²) in [5.74, 6) is 1.59. The van der Waals surface area contributed by atoms with Gasteiger partial charge in [0.25, 0.3) is 0 Å². The van der Waals surface area contributed by atoms with Gasteiger partial charge < -0.3 is 14.6 Å². The van der Waals surface area contributed by atoms with Crippen LogP contribution in [0.25, 0.3) is 0 Å². The molecular weight excluding hydrogens is 242 g/mol. The quantitative estimate of drug-likeness (QED) is 0.740. The Morgan fingerprint density at radius 2 is 1.84 bits per heavy atom. The molecule has 1 saturated carbocycles. The number of hydrogen-bond donors (Lipinski definition) is 1. The number of aliphatic hydroxyl groups excluding tert-OH is 1. The molecule has 1 aromatic carbocycles. The lowest BCUT2D eigenvalue weighted by Crippen LogP contribution is -2.33. The molecule has 0 radical (unpaired) electrons. The van der Waals surface area contributed by atoms with Crippen molar-refractivity contribution in [3.8, 4) is 11.5 Å². The van der Waals surface area contributed by atoms with Gasteiger partial charge in [0.2, 0.25) is 0 Å². The molecule has 0 amide bonds. The third-order valence-electron chi connectivity index (χ3n) is 3.24. The van der Waals surface area contributed by atoms with Crippen molar-refractivity contribution < 1.29 is 14.6 Å². The number of hydrogen-bond acceptors (Lipinski definition) is 4. The maximum absolute atomic E-state index is 9.04. The molecule has 0 bridgehead atoms. The Bertz CT molecular complexity index is 379. The molecule has 19 heavy (non-hydrogen) atoms. The summed E-state index contributed by atoms with van der Waals surface area (Å²) in [6.07, 6.45) is 2.49. The van der Waals surface area contributed by atoms with E-state index in [2.05, 4.69) is 4.90 Å². The van der Waals surface area contributed by atoms with Crippen LogP contribution >= 0.6 is 0 Å². The molecule has 4 nitrogen and oxygen atoms in total. The summed E-state index contributed by atoms with van der Waals surface area (Å²) >= 11 is 0. The van der Waals surface area contributed by atoms with E-state index in [1.54, 1.807) is 0 Å². The maximum atomic E-state index is 9.04. The van der Waals surface area contributed by atoms with Crippen molar-refractivity contribution in [2.24, 2.45) is 0 Å². The monoisotopic (exact) mass is 265 g/mol. The van der Waals surface area contributed by atoms with Crippen molar-refractivity contribution in [3.05, 3.63) is 24.3 Å². The van der Waals surface area contributed by atoms with Crippen LogP contribution in [0.5, 0.6) is 11.5 Å². The number of aliphatic hydroxyl groups is 1. The van der Waals surface area contributed by atoms with Crippen LogP contribution < -0.4 is 9.47 Å². The zero-order chi connectivity index (χ0) is 13.5. The van der Waals surface area contributed by atoms with Crippen LogP contribution in [0.3, 0.4) is 0 Å². The van der Waals surface area contributed by atoms with Gasteiger partial charge in [0.15, 0.2) is 11.5 Å². The summed E-state index contributed by atoms with van der Waals surface area (Å²) in [7, 11) is 0. The van der Waals surface area contributed by atoms with E-state index in [1.807, 2.05) is 31.2 Å². The van der Waals surface area contributed by atoms with Crippen LogP contribution in [-0.2, 0) is 0 Å². The van der Waals surface area contributed by atoms with Crippen LogP contribution in [0.1, 0.15) is 19.8 Å². The van der Waals surface area contributed by atoms with Crippen LogP contribution in [0.2, 0.25) is 0 Å². The Morgan fingerprint density at radius 1 is 1.16 bits per heavy atom. The second kappa shape index (κ2) is 7.36. The first-order chi connectivity index (χ1) is 9.35. The summed E-state index contributed by atoms with van der Waals surface area (Å²) < 4.78 is 11.3. The van der Waals surface area contributed by atoms with Gasteiger partial charge in [-0.1, -0.05) is 12.1 Å². The average Bonchev–Trinajstić information content (AvgIpc) is 3.24. The normalized spacial score (nSPS) is 14.7. The Labute approximate surface area is 114 Å². The minimum atomic E-state index is 0.214. The van der Waals surface area contributed by atoms with Gasteiger partial charge in [0.05, 0.1) is 13.2 Å². The summed E-state index contributed by atoms with van der Waals surface area (Å²) in [6.45, 7) is 5.03. The SMILES string of the molecule is CCOc1ccccc1OCCN(CCO)C1CC1. The zero-order valence-corrected chi connectivity index (χ0v) is 11.5. The largest absolute Gasteiger partial charge is 0.490 e. The van der Waals surface area contributed by atoms with Gasteiger partial charge in [-0.25, -0.2) is 0 Å². The van der Waals surface area contributed by atoms with Crippen molar-refractivity contribution in [3.63, 3.8) is 0 Å². The first-order valence-electron chi connectivity index (χ1n) is 7.04. The van der Waals surface area contributed by atoms with Gasteiger partial charge in [-0.2, -0.15) is 0 Å². The first kappa shape index (κ1) is 14.2. The fourth-order valence-corrected chi connectivity index (χ4v) is 2.16. The highest BCUT2D eigenvalue weighted by atomic mass is 16.5. The highest BCUT2D eigenvalue weighted by Gasteiger charge is 2.28. The summed E-state index contributed by atoms with van der Waals surface area (Å²) in [6, 6.07) is 8.39. The maximum Gasteiger partial charge on any atom is 0.161 e. The second-order valence-corrected chi connectivity index (χ2v) is 4.72. The Morgan fingerprint density at radius 3 is 2.42 bits per heavy atom. The van der Waals surface area contributed by atoms with E-state index in [4.69, 9.17) is 14.6 Å². The minimum absolute atomic E-state index is 0.214. The molecule has 4 heteroatoms. The van der Waals surface area contributed by atoms with Gasteiger partial charge in [-0.15, -0.1) is 0 Å². The molecule has 0 aliphatic heterocycles. The zero-order valence-electron chi connectivity index (χ0n) is 11.5. The van der Waals surface area contributed by atoms with Crippen molar-refractivity contribution in [1.29, 1.82) is 0 Å². The molecule has 2 rings (SSSR count). The van der Waals surface area contributed by atoms with Crippen molar-refractivity contribution >= 4 is 0 Å². The summed E-state index contributed by atoms with van der Waals surface area (Å²) in [5.41, 5.74) is 0. The lowest BCUT2D eigenvalue weighted by Gasteiger charge is -2.21. The van der Waals surface area contributed by atoms with Crippen LogP contribution in [0, 0.1) is 0 Å². The van der Waals surface area contributed by atoms with Gasteiger partial charge in [-0.3, -0.25) is 4.90 Å². The first-order valence-corrected chi connectivity index (χ1v) is 7.04.